The van der Waals surface area contributed by atoms with Crippen molar-refractivity contribution in [1.82, 2.24) is 15.5 Å². The second-order valence-corrected chi connectivity index (χ2v) is 11.6. The summed E-state index contributed by atoms with van der Waals surface area (Å²) in [7, 11) is 1.63. The van der Waals surface area contributed by atoms with E-state index in [9.17, 15) is 14.4 Å². The van der Waals surface area contributed by atoms with Crippen LogP contribution in [-0.4, -0.2) is 48.5 Å². The third-order valence-corrected chi connectivity index (χ3v) is 7.47. The molecule has 1 aliphatic carbocycles. The third-order valence-electron chi connectivity index (χ3n) is 7.47. The van der Waals surface area contributed by atoms with E-state index in [4.69, 9.17) is 4.74 Å². The van der Waals surface area contributed by atoms with Gasteiger partial charge in [-0.1, -0.05) is 50.6 Å². The van der Waals surface area contributed by atoms with E-state index in [0.717, 1.165) is 28.0 Å². The van der Waals surface area contributed by atoms with Gasteiger partial charge in [-0.2, -0.15) is 0 Å². The summed E-state index contributed by atoms with van der Waals surface area (Å²) in [5.74, 6) is 0.317. The first-order valence-corrected chi connectivity index (χ1v) is 13.2. The maximum atomic E-state index is 13.7. The van der Waals surface area contributed by atoms with E-state index in [1.54, 1.807) is 25.9 Å². The summed E-state index contributed by atoms with van der Waals surface area (Å²) >= 11 is 0. The number of ether oxygens (including phenoxy) is 1. The molecule has 1 aliphatic heterocycles. The van der Waals surface area contributed by atoms with E-state index in [2.05, 4.69) is 36.7 Å². The summed E-state index contributed by atoms with van der Waals surface area (Å²) in [6.07, 6.45) is 2.32. The number of nitrogens with one attached hydrogen (secondary N) is 3. The van der Waals surface area contributed by atoms with Crippen molar-refractivity contribution in [2.75, 3.05) is 25.5 Å². The molecular formula is C31H38N4O4. The summed E-state index contributed by atoms with van der Waals surface area (Å²) in [4.78, 5) is 41.1. The monoisotopic (exact) mass is 530 g/mol. The lowest BCUT2D eigenvalue weighted by Crippen LogP contribution is -2.63. The summed E-state index contributed by atoms with van der Waals surface area (Å²) in [5, 5.41) is 8.75. The Kier molecular flexibility index (Phi) is 7.59. The third kappa shape index (κ3) is 5.85. The van der Waals surface area contributed by atoms with Gasteiger partial charge < -0.3 is 25.6 Å². The van der Waals surface area contributed by atoms with Crippen molar-refractivity contribution in [1.29, 1.82) is 0 Å². The average molecular weight is 531 g/mol. The molecule has 1 heterocycles. The molecule has 4 rings (SSSR count). The number of nitrogens with zero attached hydrogens (tertiary/aromatic N) is 1. The molecule has 0 saturated carbocycles. The molecule has 0 spiro atoms. The minimum Gasteiger partial charge on any atom is -0.497 e. The molecule has 0 aromatic heterocycles. The smallest absolute Gasteiger partial charge is 0.323 e. The lowest BCUT2D eigenvalue weighted by atomic mass is 9.85. The number of anilines is 1. The molecule has 2 aromatic carbocycles. The van der Waals surface area contributed by atoms with E-state index < -0.39 is 11.6 Å². The molecule has 2 aliphatic rings. The van der Waals surface area contributed by atoms with Crippen LogP contribution in [0.3, 0.4) is 0 Å². The van der Waals surface area contributed by atoms with Crippen LogP contribution in [0, 0.1) is 12.3 Å². The van der Waals surface area contributed by atoms with E-state index >= 15 is 0 Å². The van der Waals surface area contributed by atoms with Crippen molar-refractivity contribution < 1.29 is 19.1 Å². The molecule has 1 fully saturated rings. The number of piperazine rings is 1. The Morgan fingerprint density at radius 3 is 2.33 bits per heavy atom. The van der Waals surface area contributed by atoms with Gasteiger partial charge in [0, 0.05) is 30.9 Å². The Balaban J connectivity index is 1.58. The zero-order valence-corrected chi connectivity index (χ0v) is 23.8. The molecular weight excluding hydrogens is 492 g/mol. The Hall–Kier alpha value is -4.07. The number of carbonyl (C=O) groups excluding carboxylic acids is 3. The molecule has 3 N–H and O–H groups in total. The number of urea groups is 1. The van der Waals surface area contributed by atoms with E-state index in [0.29, 0.717) is 36.5 Å². The summed E-state index contributed by atoms with van der Waals surface area (Å²) in [5.41, 5.74) is 4.34. The highest BCUT2D eigenvalue weighted by Gasteiger charge is 2.42. The predicted molar refractivity (Wildman–Crippen MR) is 153 cm³/mol. The van der Waals surface area contributed by atoms with Crippen molar-refractivity contribution in [3.8, 4) is 16.9 Å². The lowest BCUT2D eigenvalue weighted by Gasteiger charge is -2.41. The number of aryl methyl sites for hydroxylation is 1. The number of methoxy groups -OCH3 is 1. The van der Waals surface area contributed by atoms with Crippen LogP contribution in [0.1, 0.15) is 46.6 Å². The second-order valence-electron chi connectivity index (χ2n) is 11.6. The largest absolute Gasteiger partial charge is 0.497 e. The van der Waals surface area contributed by atoms with E-state index in [1.165, 1.54) is 0 Å². The summed E-state index contributed by atoms with van der Waals surface area (Å²) in [6, 6.07) is 13.2. The maximum absolute atomic E-state index is 13.7. The van der Waals surface area contributed by atoms with Gasteiger partial charge in [0.05, 0.1) is 12.7 Å². The Labute approximate surface area is 230 Å². The van der Waals surface area contributed by atoms with Crippen LogP contribution in [0.5, 0.6) is 5.75 Å². The van der Waals surface area contributed by atoms with Gasteiger partial charge in [0.15, 0.2) is 0 Å². The molecule has 39 heavy (non-hydrogen) atoms. The van der Waals surface area contributed by atoms with Gasteiger partial charge in [-0.25, -0.2) is 4.79 Å². The molecule has 0 radical (unpaired) electrons. The van der Waals surface area contributed by atoms with Crippen LogP contribution < -0.4 is 20.7 Å². The zero-order valence-electron chi connectivity index (χ0n) is 23.8. The van der Waals surface area contributed by atoms with Gasteiger partial charge in [0.1, 0.15) is 11.3 Å². The molecule has 0 bridgehead atoms. The summed E-state index contributed by atoms with van der Waals surface area (Å²) < 4.78 is 5.25. The van der Waals surface area contributed by atoms with Gasteiger partial charge in [-0.05, 0) is 67.2 Å². The minimum atomic E-state index is -0.993. The van der Waals surface area contributed by atoms with Crippen molar-refractivity contribution in [2.24, 2.45) is 5.41 Å². The molecule has 2 aromatic rings. The van der Waals surface area contributed by atoms with Gasteiger partial charge >= 0.3 is 6.03 Å². The van der Waals surface area contributed by atoms with Crippen LogP contribution in [0.25, 0.3) is 11.1 Å². The average Bonchev–Trinajstić information content (AvgIpc) is 3.31. The normalized spacial score (nSPS) is 16.9. The number of hydrogen-bond donors (Lipinski definition) is 3. The fraction of sp³-hybridized carbons (Fsp3) is 0.387. The second kappa shape index (κ2) is 10.6. The highest BCUT2D eigenvalue weighted by molar-refractivity contribution is 6.03. The topological polar surface area (TPSA) is 99.8 Å². The fourth-order valence-electron chi connectivity index (χ4n) is 4.79. The minimum absolute atomic E-state index is 0.191. The van der Waals surface area contributed by atoms with Crippen LogP contribution in [-0.2, 0) is 9.59 Å². The molecule has 206 valence electrons. The van der Waals surface area contributed by atoms with Gasteiger partial charge in [0.25, 0.3) is 5.91 Å². The number of hydrogen-bond acceptors (Lipinski definition) is 4. The van der Waals surface area contributed by atoms with Crippen LogP contribution in [0.4, 0.5) is 10.5 Å². The lowest BCUT2D eigenvalue weighted by molar-refractivity contribution is -0.146. The van der Waals surface area contributed by atoms with Crippen molar-refractivity contribution in [3.63, 3.8) is 0 Å². The zero-order chi connectivity index (χ0) is 28.5. The van der Waals surface area contributed by atoms with Crippen LogP contribution in [0.2, 0.25) is 0 Å². The first-order valence-electron chi connectivity index (χ1n) is 13.2. The van der Waals surface area contributed by atoms with Crippen molar-refractivity contribution >= 4 is 23.5 Å². The number of benzene rings is 2. The molecule has 0 unspecified atom stereocenters. The van der Waals surface area contributed by atoms with Gasteiger partial charge in [-0.3, -0.25) is 9.59 Å². The summed E-state index contributed by atoms with van der Waals surface area (Å²) in [6.45, 7) is 12.4. The number of amides is 4. The standard InChI is InChI=1S/C31H38N4O4/c1-19-8-9-21(20-10-12-23(39-7)13-11-20)16-25(19)33-29(38)34-26-18-22(30(2,3)4)17-24(26)27(36)35-15-14-32-28(37)31(35,5)6/h8-13,16-17H,14-15,18H2,1-7H3,(H,32,37)(H2,33,34,38). The highest BCUT2D eigenvalue weighted by atomic mass is 16.5. The van der Waals surface area contributed by atoms with Gasteiger partial charge in [0.2, 0.25) is 5.91 Å². The van der Waals surface area contributed by atoms with Crippen molar-refractivity contribution in [3.05, 3.63) is 70.9 Å². The highest BCUT2D eigenvalue weighted by Crippen LogP contribution is 2.38. The molecule has 4 amide bonds. The SMILES string of the molecule is COc1ccc(-c2ccc(C)c(NC(=O)NC3=C(C(=O)N4CCNC(=O)C4(C)C)C=C(C(C)(C)C)C3)c2)cc1. The number of allylic oxidation sites excluding steroid dienone is 1. The van der Waals surface area contributed by atoms with Crippen molar-refractivity contribution in [2.45, 2.75) is 53.5 Å². The molecule has 8 heteroatoms. The van der Waals surface area contributed by atoms with Gasteiger partial charge in [-0.15, -0.1) is 0 Å². The molecule has 8 nitrogen and oxygen atoms in total. The number of rotatable bonds is 5. The first-order chi connectivity index (χ1) is 18.3. The quantitative estimate of drug-likeness (QED) is 0.497. The first kappa shape index (κ1) is 28.0. The molecule has 0 atom stereocenters. The van der Waals surface area contributed by atoms with E-state index in [1.807, 2.05) is 55.5 Å². The fourth-order valence-corrected chi connectivity index (χ4v) is 4.79. The number of carbonyl (C=O) groups is 3. The Bertz CT molecular complexity index is 1360. The Morgan fingerprint density at radius 2 is 1.69 bits per heavy atom. The Morgan fingerprint density at radius 1 is 1.03 bits per heavy atom. The maximum Gasteiger partial charge on any atom is 0.323 e. The van der Waals surface area contributed by atoms with Crippen LogP contribution >= 0.6 is 0 Å². The van der Waals surface area contributed by atoms with E-state index in [-0.39, 0.29) is 17.2 Å². The van der Waals surface area contributed by atoms with Crippen LogP contribution in [0.15, 0.2) is 65.4 Å². The predicted octanol–water partition coefficient (Wildman–Crippen LogP) is 5.16. The molecule has 1 saturated heterocycles.